The molecule has 1 fully saturated rings. The van der Waals surface area contributed by atoms with E-state index in [4.69, 9.17) is 4.74 Å². The van der Waals surface area contributed by atoms with Gasteiger partial charge in [0.05, 0.1) is 22.3 Å². The number of carbonyl (C=O) groups is 2. The molecule has 0 radical (unpaired) electrons. The van der Waals surface area contributed by atoms with E-state index < -0.39 is 28.1 Å². The molecule has 1 aromatic heterocycles. The lowest BCUT2D eigenvalue weighted by Crippen LogP contribution is -2.60. The van der Waals surface area contributed by atoms with Crippen LogP contribution in [0.15, 0.2) is 52.1 Å². The molecule has 0 unspecified atom stereocenters. The lowest BCUT2D eigenvalue weighted by atomic mass is 9.66. The molecule has 270 valence electrons. The Labute approximate surface area is 293 Å². The molecule has 0 aliphatic heterocycles. The fourth-order valence-electron chi connectivity index (χ4n) is 6.41. The standard InChI is InChI=1S/C39H52FN5O5/c1-12-50-39(9,10)38(7,8)22-37(5,6)35(48)41-26-14-13-15-28(21-26)44-32(24(2)3)31(34(47)45(36(44)49)27-17-18-27)33(43(11)23-46)42-30-19-16-25(4)20-29(30)40/h13-16,19-21,23,27,42H,12,17-18,22H2,1-11H3,(H,41,48)/b33-31+. The quantitative estimate of drug-likeness (QED) is 0.231. The number of rotatable bonds is 13. The second kappa shape index (κ2) is 14.4. The molecule has 1 saturated carbocycles. The average molecular weight is 690 g/mol. The van der Waals surface area contributed by atoms with Crippen molar-refractivity contribution in [3.63, 3.8) is 0 Å². The zero-order valence-electron chi connectivity index (χ0n) is 31.3. The Morgan fingerprint density at radius 3 is 2.26 bits per heavy atom. The number of nitrogens with zero attached hydrogens (tertiary/aromatic N) is 3. The third kappa shape index (κ3) is 7.78. The Bertz CT molecular complexity index is 2030. The number of benzene rings is 2. The van der Waals surface area contributed by atoms with Crippen molar-refractivity contribution < 1.29 is 18.7 Å². The number of anilines is 2. The number of hydrogen-bond acceptors (Lipinski definition) is 6. The maximum Gasteiger partial charge on any atom is 0.336 e. The molecule has 0 atom stereocenters. The SMILES string of the molecule is CCOC(C)(C)C(C)(C)CC(C)(C)C(=O)Nc1cccc(-n2c(=C(C)C)/c(=C(/Nc3ccc(C)cc3F)N(C)C=O)c(=O)n(C3CC3)c2=O)c1. The van der Waals surface area contributed by atoms with Gasteiger partial charge in [0.2, 0.25) is 12.3 Å². The molecule has 2 aromatic carbocycles. The normalized spacial score (nSPS) is 14.2. The third-order valence-electron chi connectivity index (χ3n) is 9.80. The van der Waals surface area contributed by atoms with Crippen LogP contribution in [0.1, 0.15) is 93.2 Å². The van der Waals surface area contributed by atoms with E-state index >= 15 is 4.39 Å². The summed E-state index contributed by atoms with van der Waals surface area (Å²) in [6.45, 7) is 19.9. The molecule has 1 heterocycles. The summed E-state index contributed by atoms with van der Waals surface area (Å²) < 4.78 is 23.8. The summed E-state index contributed by atoms with van der Waals surface area (Å²) in [4.78, 5) is 55.8. The van der Waals surface area contributed by atoms with Crippen molar-refractivity contribution in [1.29, 1.82) is 0 Å². The van der Waals surface area contributed by atoms with Gasteiger partial charge in [0.1, 0.15) is 16.9 Å². The van der Waals surface area contributed by atoms with Gasteiger partial charge in [-0.25, -0.2) is 9.18 Å². The first kappa shape index (κ1) is 38.3. The van der Waals surface area contributed by atoms with Crippen LogP contribution >= 0.6 is 0 Å². The molecule has 4 rings (SSSR count). The fourth-order valence-corrected chi connectivity index (χ4v) is 6.41. The highest BCUT2D eigenvalue weighted by molar-refractivity contribution is 5.95. The van der Waals surface area contributed by atoms with Crippen LogP contribution in [0.2, 0.25) is 0 Å². The van der Waals surface area contributed by atoms with Crippen LogP contribution in [0, 0.1) is 23.6 Å². The maximum atomic E-state index is 15.1. The molecule has 3 aromatic rings. The van der Waals surface area contributed by atoms with Crippen molar-refractivity contribution >= 4 is 35.1 Å². The fraction of sp³-hybridized carbons (Fsp3) is 0.487. The first-order valence-corrected chi connectivity index (χ1v) is 17.1. The zero-order chi connectivity index (χ0) is 37.3. The number of ether oxygens (including phenoxy) is 1. The van der Waals surface area contributed by atoms with Gasteiger partial charge < -0.3 is 20.3 Å². The number of aryl methyl sites for hydroxylation is 1. The molecular formula is C39H52FN5O5. The minimum atomic E-state index is -0.782. The average Bonchev–Trinajstić information content (AvgIpc) is 3.85. The van der Waals surface area contributed by atoms with Crippen molar-refractivity contribution in [2.75, 3.05) is 24.3 Å². The van der Waals surface area contributed by atoms with Crippen molar-refractivity contribution in [2.24, 2.45) is 10.8 Å². The van der Waals surface area contributed by atoms with Gasteiger partial charge in [-0.1, -0.05) is 45.4 Å². The van der Waals surface area contributed by atoms with E-state index in [9.17, 15) is 19.2 Å². The molecule has 0 spiro atoms. The summed E-state index contributed by atoms with van der Waals surface area (Å²) in [5, 5.41) is 6.33. The second-order valence-electron chi connectivity index (χ2n) is 15.3. The van der Waals surface area contributed by atoms with E-state index in [-0.39, 0.29) is 39.4 Å². The van der Waals surface area contributed by atoms with Crippen LogP contribution < -0.4 is 32.5 Å². The van der Waals surface area contributed by atoms with Crippen molar-refractivity contribution in [3.05, 3.63) is 85.3 Å². The molecule has 1 aliphatic rings. The minimum absolute atomic E-state index is 0.0240. The minimum Gasteiger partial charge on any atom is -0.375 e. The molecule has 0 saturated heterocycles. The van der Waals surface area contributed by atoms with Gasteiger partial charge in [0.25, 0.3) is 5.56 Å². The topological polar surface area (TPSA) is 115 Å². The van der Waals surface area contributed by atoms with Gasteiger partial charge in [-0.3, -0.25) is 23.5 Å². The highest BCUT2D eigenvalue weighted by atomic mass is 19.1. The van der Waals surface area contributed by atoms with E-state index in [2.05, 4.69) is 24.5 Å². The van der Waals surface area contributed by atoms with Crippen LogP contribution in [0.5, 0.6) is 0 Å². The zero-order valence-corrected chi connectivity index (χ0v) is 31.3. The molecule has 2 amide bonds. The number of halogens is 1. The van der Waals surface area contributed by atoms with Crippen LogP contribution in [-0.2, 0) is 14.3 Å². The third-order valence-corrected chi connectivity index (χ3v) is 9.80. The number of aromatic nitrogens is 2. The summed E-state index contributed by atoms with van der Waals surface area (Å²) in [5.74, 6) is -0.736. The molecule has 11 heteroatoms. The lowest BCUT2D eigenvalue weighted by Gasteiger charge is -2.45. The highest BCUT2D eigenvalue weighted by Gasteiger charge is 2.44. The Hall–Kier alpha value is -4.51. The lowest BCUT2D eigenvalue weighted by molar-refractivity contribution is -0.133. The molecular weight excluding hydrogens is 637 g/mol. The number of nitrogens with one attached hydrogen (secondary N) is 2. The van der Waals surface area contributed by atoms with Gasteiger partial charge in [-0.2, -0.15) is 0 Å². The second-order valence-corrected chi connectivity index (χ2v) is 15.3. The Morgan fingerprint density at radius 1 is 1.04 bits per heavy atom. The van der Waals surface area contributed by atoms with Gasteiger partial charge in [0.15, 0.2) is 0 Å². The van der Waals surface area contributed by atoms with E-state index in [1.54, 1.807) is 51.1 Å². The smallest absolute Gasteiger partial charge is 0.336 e. The van der Waals surface area contributed by atoms with E-state index in [1.807, 2.05) is 34.6 Å². The summed E-state index contributed by atoms with van der Waals surface area (Å²) in [5.41, 5.74) is -0.475. The summed E-state index contributed by atoms with van der Waals surface area (Å²) in [7, 11) is 1.46. The molecule has 2 N–H and O–H groups in total. The Morgan fingerprint density at radius 2 is 1.70 bits per heavy atom. The summed E-state index contributed by atoms with van der Waals surface area (Å²) >= 11 is 0. The molecule has 50 heavy (non-hydrogen) atoms. The largest absolute Gasteiger partial charge is 0.375 e. The summed E-state index contributed by atoms with van der Waals surface area (Å²) in [6.07, 6.45) is 2.35. The number of hydrogen-bond donors (Lipinski definition) is 2. The van der Waals surface area contributed by atoms with E-state index in [1.165, 1.54) is 33.2 Å². The maximum absolute atomic E-state index is 15.1. The predicted molar refractivity (Wildman–Crippen MR) is 197 cm³/mol. The number of carbonyl (C=O) groups excluding carboxylic acids is 2. The van der Waals surface area contributed by atoms with Crippen molar-refractivity contribution in [2.45, 2.75) is 100 Å². The van der Waals surface area contributed by atoms with Crippen LogP contribution in [0.3, 0.4) is 0 Å². The molecule has 0 bridgehead atoms. The van der Waals surface area contributed by atoms with Gasteiger partial charge in [0, 0.05) is 30.8 Å². The van der Waals surface area contributed by atoms with E-state index in [0.717, 1.165) is 0 Å². The number of amides is 2. The van der Waals surface area contributed by atoms with E-state index in [0.29, 0.717) is 54.8 Å². The van der Waals surface area contributed by atoms with Crippen molar-refractivity contribution in [1.82, 2.24) is 14.0 Å². The first-order chi connectivity index (χ1) is 23.3. The molecule has 1 aliphatic carbocycles. The van der Waals surface area contributed by atoms with Gasteiger partial charge in [-0.15, -0.1) is 0 Å². The highest BCUT2D eigenvalue weighted by Crippen LogP contribution is 2.43. The first-order valence-electron chi connectivity index (χ1n) is 17.1. The predicted octanol–water partition coefficient (Wildman–Crippen LogP) is 5.43. The van der Waals surface area contributed by atoms with Crippen LogP contribution in [0.25, 0.3) is 17.1 Å². The van der Waals surface area contributed by atoms with Gasteiger partial charge in [-0.05, 0) is 102 Å². The van der Waals surface area contributed by atoms with Crippen LogP contribution in [-0.4, -0.2) is 45.6 Å². The van der Waals surface area contributed by atoms with Gasteiger partial charge >= 0.3 is 5.69 Å². The monoisotopic (exact) mass is 689 g/mol. The Kier molecular flexibility index (Phi) is 11.0. The summed E-state index contributed by atoms with van der Waals surface area (Å²) in [6, 6.07) is 11.2. The molecule has 10 nitrogen and oxygen atoms in total. The van der Waals surface area contributed by atoms with Crippen molar-refractivity contribution in [3.8, 4) is 5.69 Å². The van der Waals surface area contributed by atoms with Crippen LogP contribution in [0.4, 0.5) is 15.8 Å². The Balaban J connectivity index is 1.93.